The Bertz CT molecular complexity index is 614. The van der Waals surface area contributed by atoms with E-state index in [0.717, 1.165) is 11.1 Å². The summed E-state index contributed by atoms with van der Waals surface area (Å²) >= 11 is 0. The van der Waals surface area contributed by atoms with Gasteiger partial charge in [0.05, 0.1) is 6.10 Å². The molecular weight excluding hydrogens is 263 g/mol. The van der Waals surface area contributed by atoms with Gasteiger partial charge in [0.25, 0.3) is 0 Å². The zero-order valence-corrected chi connectivity index (χ0v) is 13.2. The molecule has 0 aliphatic rings. The first-order chi connectivity index (χ1) is 9.80. The molecule has 1 nitrogen and oxygen atoms in total. The minimum absolute atomic E-state index is 0.251. The highest BCUT2D eigenvalue weighted by Crippen LogP contribution is 2.30. The highest BCUT2D eigenvalue weighted by Gasteiger charge is 2.30. The maximum atomic E-state index is 13.1. The van der Waals surface area contributed by atoms with Crippen LogP contribution in [0.2, 0.25) is 0 Å². The summed E-state index contributed by atoms with van der Waals surface area (Å²) in [7, 11) is 0. The summed E-state index contributed by atoms with van der Waals surface area (Å²) in [6, 6.07) is 12.7. The van der Waals surface area contributed by atoms with Crippen molar-refractivity contribution < 1.29 is 9.50 Å². The zero-order chi connectivity index (χ0) is 15.6. The lowest BCUT2D eigenvalue weighted by molar-refractivity contribution is 0.0998. The fourth-order valence-corrected chi connectivity index (χ4v) is 2.56. The monoisotopic (exact) mass is 286 g/mol. The zero-order valence-electron chi connectivity index (χ0n) is 13.2. The van der Waals surface area contributed by atoms with Crippen LogP contribution in [-0.2, 0) is 11.8 Å². The third-order valence-electron chi connectivity index (χ3n) is 4.34. The molecule has 0 fully saturated rings. The molecule has 2 aromatic carbocycles. The van der Waals surface area contributed by atoms with E-state index in [1.807, 2.05) is 13.8 Å². The van der Waals surface area contributed by atoms with Crippen LogP contribution >= 0.6 is 0 Å². The average Bonchev–Trinajstić information content (AvgIpc) is 2.43. The minimum atomic E-state index is -0.525. The molecule has 0 aliphatic heterocycles. The summed E-state index contributed by atoms with van der Waals surface area (Å²) in [5.41, 5.74) is 4.07. The summed E-state index contributed by atoms with van der Waals surface area (Å²) in [5.74, 6) is -0.251. The maximum absolute atomic E-state index is 13.1. The molecule has 0 radical (unpaired) electrons. The second kappa shape index (κ2) is 5.98. The molecule has 0 aliphatic carbocycles. The number of aliphatic hydroxyl groups is 1. The molecule has 2 aromatic rings. The van der Waals surface area contributed by atoms with Crippen molar-refractivity contribution in [3.05, 3.63) is 70.5 Å². The van der Waals surface area contributed by atoms with Crippen molar-refractivity contribution in [3.63, 3.8) is 0 Å². The van der Waals surface area contributed by atoms with Gasteiger partial charge in [-0.05, 0) is 49.1 Å². The van der Waals surface area contributed by atoms with Gasteiger partial charge in [0.1, 0.15) is 5.82 Å². The Labute approximate surface area is 126 Å². The van der Waals surface area contributed by atoms with E-state index in [4.69, 9.17) is 0 Å². The molecule has 0 heterocycles. The van der Waals surface area contributed by atoms with E-state index in [-0.39, 0.29) is 5.82 Å². The molecule has 2 rings (SSSR count). The van der Waals surface area contributed by atoms with Crippen LogP contribution in [0.5, 0.6) is 0 Å². The number of rotatable bonds is 4. The molecule has 0 saturated heterocycles. The number of aryl methyl sites for hydroxylation is 2. The van der Waals surface area contributed by atoms with Gasteiger partial charge < -0.3 is 5.11 Å². The summed E-state index contributed by atoms with van der Waals surface area (Å²) in [6.45, 7) is 8.11. The number of benzene rings is 2. The Balaban J connectivity index is 2.23. The Morgan fingerprint density at radius 2 is 1.67 bits per heavy atom. The summed E-state index contributed by atoms with van der Waals surface area (Å²) in [4.78, 5) is 0. The molecule has 21 heavy (non-hydrogen) atoms. The van der Waals surface area contributed by atoms with E-state index >= 15 is 0 Å². The number of aliphatic hydroxyl groups excluding tert-OH is 1. The lowest BCUT2D eigenvalue weighted by atomic mass is 9.77. The van der Waals surface area contributed by atoms with Crippen molar-refractivity contribution in [1.82, 2.24) is 0 Å². The topological polar surface area (TPSA) is 20.2 Å². The smallest absolute Gasteiger partial charge is 0.123 e. The minimum Gasteiger partial charge on any atom is -0.392 e. The van der Waals surface area contributed by atoms with Gasteiger partial charge in [-0.1, -0.05) is 49.7 Å². The van der Waals surface area contributed by atoms with E-state index in [0.29, 0.717) is 6.42 Å². The van der Waals surface area contributed by atoms with Crippen LogP contribution < -0.4 is 0 Å². The normalized spacial score (nSPS) is 13.2. The largest absolute Gasteiger partial charge is 0.392 e. The predicted molar refractivity (Wildman–Crippen MR) is 85.1 cm³/mol. The van der Waals surface area contributed by atoms with Gasteiger partial charge in [-0.2, -0.15) is 0 Å². The molecular formula is C19H23FO. The van der Waals surface area contributed by atoms with Crippen LogP contribution in [0, 0.1) is 19.7 Å². The van der Waals surface area contributed by atoms with Crippen molar-refractivity contribution in [3.8, 4) is 0 Å². The van der Waals surface area contributed by atoms with Crippen molar-refractivity contribution in [1.29, 1.82) is 0 Å². The first-order valence-corrected chi connectivity index (χ1v) is 7.31. The van der Waals surface area contributed by atoms with E-state index in [9.17, 15) is 9.50 Å². The maximum Gasteiger partial charge on any atom is 0.123 e. The number of halogens is 1. The van der Waals surface area contributed by atoms with E-state index in [2.05, 4.69) is 32.0 Å². The fraction of sp³-hybridized carbons (Fsp3) is 0.368. The van der Waals surface area contributed by atoms with Crippen LogP contribution in [-0.4, -0.2) is 11.2 Å². The SMILES string of the molecule is Cc1ccc(C)c(CC(O)C(C)(C)c2ccc(F)cc2)c1. The van der Waals surface area contributed by atoms with Crippen molar-refractivity contribution >= 4 is 0 Å². The van der Waals surface area contributed by atoms with Gasteiger partial charge in [-0.25, -0.2) is 4.39 Å². The second-order valence-electron chi connectivity index (χ2n) is 6.38. The Morgan fingerprint density at radius 3 is 2.29 bits per heavy atom. The van der Waals surface area contributed by atoms with Crippen LogP contribution in [0.3, 0.4) is 0 Å². The van der Waals surface area contributed by atoms with Gasteiger partial charge in [0.15, 0.2) is 0 Å². The van der Waals surface area contributed by atoms with Crippen molar-refractivity contribution in [2.75, 3.05) is 0 Å². The Hall–Kier alpha value is -1.67. The van der Waals surface area contributed by atoms with Crippen LogP contribution in [0.4, 0.5) is 4.39 Å². The molecule has 112 valence electrons. The molecule has 0 bridgehead atoms. The lowest BCUT2D eigenvalue weighted by Crippen LogP contribution is -2.35. The number of hydrogen-bond donors (Lipinski definition) is 1. The van der Waals surface area contributed by atoms with E-state index in [1.165, 1.54) is 23.3 Å². The molecule has 0 aromatic heterocycles. The average molecular weight is 286 g/mol. The van der Waals surface area contributed by atoms with Gasteiger partial charge in [0, 0.05) is 5.41 Å². The van der Waals surface area contributed by atoms with Gasteiger partial charge in [-0.3, -0.25) is 0 Å². The lowest BCUT2D eigenvalue weighted by Gasteiger charge is -2.31. The highest BCUT2D eigenvalue weighted by molar-refractivity contribution is 5.33. The van der Waals surface area contributed by atoms with Crippen LogP contribution in [0.1, 0.15) is 36.1 Å². The molecule has 1 N–H and O–H groups in total. The molecule has 0 spiro atoms. The molecule has 1 atom stereocenters. The Kier molecular flexibility index (Phi) is 4.48. The van der Waals surface area contributed by atoms with Gasteiger partial charge in [-0.15, -0.1) is 0 Å². The quantitative estimate of drug-likeness (QED) is 0.887. The van der Waals surface area contributed by atoms with E-state index < -0.39 is 11.5 Å². The third kappa shape index (κ3) is 3.51. The molecule has 0 amide bonds. The molecule has 2 heteroatoms. The summed E-state index contributed by atoms with van der Waals surface area (Å²) < 4.78 is 13.1. The van der Waals surface area contributed by atoms with Crippen LogP contribution in [0.25, 0.3) is 0 Å². The third-order valence-corrected chi connectivity index (χ3v) is 4.34. The van der Waals surface area contributed by atoms with Crippen molar-refractivity contribution in [2.45, 2.75) is 45.6 Å². The van der Waals surface area contributed by atoms with Crippen LogP contribution in [0.15, 0.2) is 42.5 Å². The summed E-state index contributed by atoms with van der Waals surface area (Å²) in [5, 5.41) is 10.7. The molecule has 1 unspecified atom stereocenters. The fourth-order valence-electron chi connectivity index (χ4n) is 2.56. The number of hydrogen-bond acceptors (Lipinski definition) is 1. The summed E-state index contributed by atoms with van der Waals surface area (Å²) in [6.07, 6.45) is 0.0706. The standard InChI is InChI=1S/C19H23FO/c1-13-5-6-14(2)15(11-13)12-18(21)19(3,4)16-7-9-17(20)10-8-16/h5-11,18,21H,12H2,1-4H3. The second-order valence-corrected chi connectivity index (χ2v) is 6.38. The van der Waals surface area contributed by atoms with Gasteiger partial charge in [0.2, 0.25) is 0 Å². The Morgan fingerprint density at radius 1 is 1.05 bits per heavy atom. The van der Waals surface area contributed by atoms with Gasteiger partial charge >= 0.3 is 0 Å². The highest BCUT2D eigenvalue weighted by atomic mass is 19.1. The first kappa shape index (κ1) is 15.7. The van der Waals surface area contributed by atoms with Crippen molar-refractivity contribution in [2.24, 2.45) is 0 Å². The van der Waals surface area contributed by atoms with E-state index in [1.54, 1.807) is 12.1 Å². The molecule has 0 saturated carbocycles. The predicted octanol–water partition coefficient (Wildman–Crippen LogP) is 4.32. The first-order valence-electron chi connectivity index (χ1n) is 7.31.